The van der Waals surface area contributed by atoms with Crippen LogP contribution in [0.1, 0.15) is 20.8 Å². The predicted molar refractivity (Wildman–Crippen MR) is 118 cm³/mol. The number of allylic oxidation sites excluding steroid dienone is 3. The molecule has 0 aliphatic carbocycles. The third-order valence-electron chi connectivity index (χ3n) is 4.55. The molecule has 2 heterocycles. The Hall–Kier alpha value is -0.106. The molecule has 2 aliphatic heterocycles. The van der Waals surface area contributed by atoms with E-state index in [0.717, 1.165) is 26.1 Å². The fourth-order valence-electron chi connectivity index (χ4n) is 3.54. The standard InChI is InChI=1S/C16H27IN2O3SSi2/c1-10-11(8-7-9-17)15(2,14(21)22-25(4,5)6)23-16(3)12(18-24)13(20)19(10)16/h7-8,12,18H,9H2,1-6,24H3/t12-,15?,16-/m1/s1. The van der Waals surface area contributed by atoms with Crippen LogP contribution < -0.4 is 4.98 Å². The van der Waals surface area contributed by atoms with Gasteiger partial charge in [-0.05, 0) is 46.0 Å². The molecule has 2 rings (SSSR count). The highest BCUT2D eigenvalue weighted by molar-refractivity contribution is 14.1. The van der Waals surface area contributed by atoms with Crippen molar-refractivity contribution in [3.8, 4) is 0 Å². The Bertz CT molecular complexity index is 664. The summed E-state index contributed by atoms with van der Waals surface area (Å²) in [6.45, 7) is 12.0. The lowest BCUT2D eigenvalue weighted by Gasteiger charge is -2.61. The van der Waals surface area contributed by atoms with Gasteiger partial charge < -0.3 is 9.41 Å². The first-order valence-corrected chi connectivity index (χ1v) is 15.1. The minimum Gasteiger partial charge on any atom is -0.519 e. The van der Waals surface area contributed by atoms with Crippen LogP contribution in [0, 0.1) is 0 Å². The lowest BCUT2D eigenvalue weighted by Crippen LogP contribution is -2.77. The Morgan fingerprint density at radius 1 is 1.48 bits per heavy atom. The molecule has 5 nitrogen and oxygen atoms in total. The highest BCUT2D eigenvalue weighted by Gasteiger charge is 2.65. The monoisotopic (exact) mass is 510 g/mol. The summed E-state index contributed by atoms with van der Waals surface area (Å²) >= 11 is 3.80. The van der Waals surface area contributed by atoms with Crippen LogP contribution in [0.2, 0.25) is 19.6 Å². The van der Waals surface area contributed by atoms with E-state index in [9.17, 15) is 9.59 Å². The molecule has 2 aliphatic rings. The molecule has 0 aromatic rings. The van der Waals surface area contributed by atoms with E-state index < -0.39 is 17.9 Å². The zero-order chi connectivity index (χ0) is 19.2. The van der Waals surface area contributed by atoms with Gasteiger partial charge in [-0.1, -0.05) is 34.7 Å². The van der Waals surface area contributed by atoms with E-state index in [1.54, 1.807) is 0 Å². The zero-order valence-electron chi connectivity index (χ0n) is 15.9. The van der Waals surface area contributed by atoms with Gasteiger partial charge in [0.2, 0.25) is 14.2 Å². The number of rotatable bonds is 5. The van der Waals surface area contributed by atoms with E-state index >= 15 is 0 Å². The Morgan fingerprint density at radius 3 is 2.56 bits per heavy atom. The van der Waals surface area contributed by atoms with Gasteiger partial charge in [-0.25, -0.2) is 0 Å². The summed E-state index contributed by atoms with van der Waals surface area (Å²) in [5.74, 6) is -0.111. The minimum atomic E-state index is -2.02. The number of β-lactam (4-membered cyclic amide) rings is 1. The first kappa shape index (κ1) is 21.2. The molecule has 1 amide bonds. The van der Waals surface area contributed by atoms with Crippen LogP contribution in [0.15, 0.2) is 23.4 Å². The van der Waals surface area contributed by atoms with Crippen LogP contribution >= 0.6 is 34.4 Å². The Kier molecular flexibility index (Phi) is 6.05. The fraction of sp³-hybridized carbons (Fsp3) is 0.625. The smallest absolute Gasteiger partial charge is 0.313 e. The maximum Gasteiger partial charge on any atom is 0.313 e. The summed E-state index contributed by atoms with van der Waals surface area (Å²) in [6, 6.07) is -0.242. The maximum atomic E-state index is 13.2. The summed E-state index contributed by atoms with van der Waals surface area (Å²) in [7, 11) is -1.29. The van der Waals surface area contributed by atoms with Crippen LogP contribution in [0.5, 0.6) is 0 Å². The average Bonchev–Trinajstić information content (AvgIpc) is 2.45. The summed E-state index contributed by atoms with van der Waals surface area (Å²) in [6.07, 6.45) is 4.00. The number of halogens is 1. The molecule has 25 heavy (non-hydrogen) atoms. The molecule has 1 fully saturated rings. The van der Waals surface area contributed by atoms with Crippen LogP contribution in [-0.4, -0.2) is 55.6 Å². The largest absolute Gasteiger partial charge is 0.519 e. The second kappa shape index (κ2) is 7.14. The van der Waals surface area contributed by atoms with Gasteiger partial charge >= 0.3 is 5.97 Å². The third kappa shape index (κ3) is 3.54. The number of nitrogens with one attached hydrogen (secondary N) is 1. The highest BCUT2D eigenvalue weighted by atomic mass is 127. The quantitative estimate of drug-likeness (QED) is 0.265. The molecule has 0 aromatic heterocycles. The van der Waals surface area contributed by atoms with Crippen LogP contribution in [0.3, 0.4) is 0 Å². The van der Waals surface area contributed by atoms with Gasteiger partial charge in [0.25, 0.3) is 0 Å². The summed E-state index contributed by atoms with van der Waals surface area (Å²) in [4.78, 5) is 30.3. The first-order valence-electron chi connectivity index (χ1n) is 8.31. The minimum absolute atomic E-state index is 0.0866. The number of amides is 1. The SMILES string of the molecule is CC1=C(C=CCI)C(C)(C(=O)O[Si](C)(C)C)S[C@]2(C)[C@H](N[SiH3])C(=O)N12. The molecular weight excluding hydrogens is 483 g/mol. The van der Waals surface area contributed by atoms with E-state index in [-0.39, 0.29) is 17.9 Å². The lowest BCUT2D eigenvalue weighted by atomic mass is 9.89. The van der Waals surface area contributed by atoms with Gasteiger partial charge in [0.1, 0.15) is 15.7 Å². The topological polar surface area (TPSA) is 58.6 Å². The van der Waals surface area contributed by atoms with Crippen LogP contribution in [-0.2, 0) is 14.0 Å². The number of carbonyl (C=O) groups is 2. The van der Waals surface area contributed by atoms with Gasteiger partial charge in [0, 0.05) is 10.1 Å². The number of alkyl halides is 1. The fourth-order valence-corrected chi connectivity index (χ4v) is 7.58. The van der Waals surface area contributed by atoms with Gasteiger partial charge in [0.05, 0.1) is 10.4 Å². The summed E-state index contributed by atoms with van der Waals surface area (Å²) in [5.41, 5.74) is 1.73. The van der Waals surface area contributed by atoms with Gasteiger partial charge in [0.15, 0.2) is 0 Å². The Morgan fingerprint density at radius 2 is 2.08 bits per heavy atom. The molecule has 0 spiro atoms. The number of hydrogen-bond acceptors (Lipinski definition) is 5. The van der Waals surface area contributed by atoms with Crippen molar-refractivity contribution in [2.45, 2.75) is 56.1 Å². The maximum absolute atomic E-state index is 13.2. The van der Waals surface area contributed by atoms with Gasteiger partial charge in [-0.15, -0.1) is 11.8 Å². The van der Waals surface area contributed by atoms with E-state index in [0.29, 0.717) is 0 Å². The molecule has 0 bridgehead atoms. The Labute approximate surface area is 172 Å². The van der Waals surface area contributed by atoms with E-state index in [2.05, 4.69) is 27.6 Å². The van der Waals surface area contributed by atoms with E-state index in [1.165, 1.54) is 11.8 Å². The predicted octanol–water partition coefficient (Wildman–Crippen LogP) is 1.93. The van der Waals surface area contributed by atoms with Crippen molar-refractivity contribution < 1.29 is 14.0 Å². The van der Waals surface area contributed by atoms with Gasteiger partial charge in [-0.3, -0.25) is 14.5 Å². The van der Waals surface area contributed by atoms with Crippen molar-refractivity contribution >= 4 is 65.0 Å². The van der Waals surface area contributed by atoms with E-state index in [1.807, 2.05) is 57.5 Å². The number of nitrogens with zero attached hydrogens (tertiary/aromatic N) is 1. The molecule has 9 heteroatoms. The van der Waals surface area contributed by atoms with Crippen molar-refractivity contribution in [2.24, 2.45) is 0 Å². The van der Waals surface area contributed by atoms with Crippen LogP contribution in [0.25, 0.3) is 0 Å². The number of thioether (sulfide) groups is 1. The van der Waals surface area contributed by atoms with Crippen molar-refractivity contribution in [2.75, 3.05) is 4.43 Å². The normalized spacial score (nSPS) is 32.8. The molecule has 140 valence electrons. The second-order valence-electron chi connectivity index (χ2n) is 7.64. The number of hydrogen-bond donors (Lipinski definition) is 1. The molecule has 0 aromatic carbocycles. The molecule has 1 N–H and O–H groups in total. The lowest BCUT2D eigenvalue weighted by molar-refractivity contribution is -0.149. The molecular formula is C16H27IN2O3SSi2. The summed E-state index contributed by atoms with van der Waals surface area (Å²) in [5, 5.41) is 0. The third-order valence-corrected chi connectivity index (χ3v) is 8.06. The second-order valence-corrected chi connectivity index (χ2v) is 15.4. The molecule has 3 atom stereocenters. The highest BCUT2D eigenvalue weighted by Crippen LogP contribution is 2.57. The van der Waals surface area contributed by atoms with Crippen molar-refractivity contribution in [3.05, 3.63) is 23.4 Å². The zero-order valence-corrected chi connectivity index (χ0v) is 21.9. The van der Waals surface area contributed by atoms with Gasteiger partial charge in [-0.2, -0.15) is 0 Å². The molecule has 0 saturated carbocycles. The van der Waals surface area contributed by atoms with Crippen molar-refractivity contribution in [1.29, 1.82) is 0 Å². The van der Waals surface area contributed by atoms with Crippen molar-refractivity contribution in [3.63, 3.8) is 0 Å². The number of carbonyl (C=O) groups excluding carboxylic acids is 2. The molecule has 0 radical (unpaired) electrons. The Balaban J connectivity index is 2.56. The van der Waals surface area contributed by atoms with Crippen LogP contribution in [0.4, 0.5) is 0 Å². The molecule has 1 saturated heterocycles. The first-order chi connectivity index (χ1) is 11.4. The number of fused-ring (bicyclic) bond motifs is 1. The average molecular weight is 511 g/mol. The summed E-state index contributed by atoms with van der Waals surface area (Å²) < 4.78 is 5.90. The van der Waals surface area contributed by atoms with E-state index in [4.69, 9.17) is 4.43 Å². The molecule has 1 unspecified atom stereocenters. The van der Waals surface area contributed by atoms with Crippen molar-refractivity contribution in [1.82, 2.24) is 9.88 Å².